The lowest BCUT2D eigenvalue weighted by molar-refractivity contribution is 0.0955. The van der Waals surface area contributed by atoms with Crippen LogP contribution in [0.25, 0.3) is 0 Å². The largest absolute Gasteiger partial charge is 0.372 e. The molecule has 36 heavy (non-hydrogen) atoms. The average Bonchev–Trinajstić information content (AvgIpc) is 2.99. The van der Waals surface area contributed by atoms with Gasteiger partial charge in [-0.3, -0.25) is 14.9 Å². The van der Waals surface area contributed by atoms with E-state index in [0.717, 1.165) is 11.1 Å². The molecule has 0 aromatic heterocycles. The van der Waals surface area contributed by atoms with Gasteiger partial charge in [0, 0.05) is 24.9 Å². The number of nitriles is 1. The third-order valence-electron chi connectivity index (χ3n) is 6.04. The molecular formula is C26H21N5O4S. The Hall–Kier alpha value is -4.46. The number of carbonyl (C=O) groups is 2. The van der Waals surface area contributed by atoms with Crippen molar-refractivity contribution < 1.29 is 18.0 Å². The van der Waals surface area contributed by atoms with Gasteiger partial charge in [0.1, 0.15) is 6.17 Å². The molecule has 9 nitrogen and oxygen atoms in total. The molecule has 0 fully saturated rings. The molecule has 0 bridgehead atoms. The Morgan fingerprint density at radius 3 is 2.56 bits per heavy atom. The topological polar surface area (TPSA) is 140 Å². The molecule has 0 saturated carbocycles. The summed E-state index contributed by atoms with van der Waals surface area (Å²) in [7, 11) is -3.93. The second kappa shape index (κ2) is 9.30. The molecule has 180 valence electrons. The highest BCUT2D eigenvalue weighted by Gasteiger charge is 2.31. The zero-order valence-corrected chi connectivity index (χ0v) is 19.7. The number of sulfone groups is 1. The number of nitrogens with one attached hydrogen (secondary N) is 4. The Balaban J connectivity index is 1.27. The van der Waals surface area contributed by atoms with Gasteiger partial charge in [-0.25, -0.2) is 8.42 Å². The van der Waals surface area contributed by atoms with Crippen molar-refractivity contribution in [3.63, 3.8) is 0 Å². The predicted molar refractivity (Wildman–Crippen MR) is 132 cm³/mol. The molecule has 10 heteroatoms. The number of hydrogen-bond acceptors (Lipinski definition) is 7. The molecule has 2 aliphatic heterocycles. The van der Waals surface area contributed by atoms with E-state index >= 15 is 0 Å². The first-order chi connectivity index (χ1) is 17.4. The summed E-state index contributed by atoms with van der Waals surface area (Å²) in [4.78, 5) is 25.3. The zero-order chi connectivity index (χ0) is 25.3. The molecule has 3 aromatic carbocycles. The number of anilines is 1. The van der Waals surface area contributed by atoms with Crippen LogP contribution >= 0.6 is 0 Å². The molecule has 1 atom stereocenters. The summed E-state index contributed by atoms with van der Waals surface area (Å²) in [5, 5.41) is 20.9. The lowest BCUT2D eigenvalue weighted by Crippen LogP contribution is -2.40. The summed E-state index contributed by atoms with van der Waals surface area (Å²) in [6, 6.07) is 19.5. The fourth-order valence-electron chi connectivity index (χ4n) is 4.12. The van der Waals surface area contributed by atoms with E-state index < -0.39 is 21.7 Å². The van der Waals surface area contributed by atoms with Crippen LogP contribution in [0.4, 0.5) is 5.69 Å². The highest BCUT2D eigenvalue weighted by molar-refractivity contribution is 7.91. The summed E-state index contributed by atoms with van der Waals surface area (Å²) in [5.74, 6) is -0.951. The number of carbonyl (C=O) groups excluding carboxylic acids is 2. The third-order valence-corrected chi connectivity index (χ3v) is 7.91. The van der Waals surface area contributed by atoms with Gasteiger partial charge in [-0.2, -0.15) is 5.26 Å². The number of nitrogens with zero attached hydrogens (tertiary/aromatic N) is 1. The summed E-state index contributed by atoms with van der Waals surface area (Å²) in [6.07, 6.45) is 1.72. The molecule has 0 radical (unpaired) electrons. The summed E-state index contributed by atoms with van der Waals surface area (Å²) in [5.41, 5.74) is 2.83. The van der Waals surface area contributed by atoms with Crippen LogP contribution in [0, 0.1) is 11.3 Å². The van der Waals surface area contributed by atoms with Crippen molar-refractivity contribution in [1.82, 2.24) is 16.0 Å². The van der Waals surface area contributed by atoms with Crippen molar-refractivity contribution >= 4 is 27.3 Å². The molecule has 0 saturated heterocycles. The van der Waals surface area contributed by atoms with Crippen LogP contribution < -0.4 is 21.3 Å². The Kier molecular flexibility index (Phi) is 6.01. The molecule has 3 aromatic rings. The fourth-order valence-corrected chi connectivity index (χ4v) is 5.71. The Bertz CT molecular complexity index is 1560. The van der Waals surface area contributed by atoms with E-state index in [1.165, 1.54) is 30.3 Å². The van der Waals surface area contributed by atoms with Crippen LogP contribution in [0.3, 0.4) is 0 Å². The molecule has 4 N–H and O–H groups in total. The normalized spacial score (nSPS) is 17.7. The van der Waals surface area contributed by atoms with E-state index in [2.05, 4.69) is 27.3 Å². The minimum absolute atomic E-state index is 0.0586. The van der Waals surface area contributed by atoms with E-state index in [-0.39, 0.29) is 39.3 Å². The quantitative estimate of drug-likeness (QED) is 0.432. The van der Waals surface area contributed by atoms with Crippen molar-refractivity contribution in [2.24, 2.45) is 0 Å². The van der Waals surface area contributed by atoms with Gasteiger partial charge < -0.3 is 16.0 Å². The van der Waals surface area contributed by atoms with Gasteiger partial charge in [-0.15, -0.1) is 0 Å². The predicted octanol–water partition coefficient (Wildman–Crippen LogP) is 2.46. The molecule has 1 unspecified atom stereocenters. The molecule has 0 aliphatic carbocycles. The van der Waals surface area contributed by atoms with Gasteiger partial charge in [0.2, 0.25) is 9.84 Å². The monoisotopic (exact) mass is 499 g/mol. The maximum absolute atomic E-state index is 13.1. The molecule has 5 rings (SSSR count). The summed E-state index contributed by atoms with van der Waals surface area (Å²) >= 11 is 0. The number of hydrogen-bond donors (Lipinski definition) is 4. The van der Waals surface area contributed by atoms with Crippen molar-refractivity contribution in [3.8, 4) is 6.07 Å². The van der Waals surface area contributed by atoms with Crippen molar-refractivity contribution in [1.29, 1.82) is 5.26 Å². The van der Waals surface area contributed by atoms with Gasteiger partial charge in [0.15, 0.2) is 0 Å². The smallest absolute Gasteiger partial charge is 0.257 e. The van der Waals surface area contributed by atoms with Crippen molar-refractivity contribution in [2.45, 2.75) is 16.0 Å². The number of fused-ring (bicyclic) bond motifs is 2. The molecule has 2 aliphatic rings. The standard InChI is InChI=1S/C26H21N5O4S/c27-12-16-5-7-18(8-6-16)24-28-13-17(14-29-24)15-30-25(32)19-9-10-23-21(11-19)31-26(33)20-3-1-2-4-22(20)36(23,34)35/h1-11,13,24,28-29H,14-15H2,(H,30,32)(H,31,33). The first-order valence-corrected chi connectivity index (χ1v) is 12.6. The molecular weight excluding hydrogens is 478 g/mol. The fraction of sp³-hybridized carbons (Fsp3) is 0.115. The molecule has 2 amide bonds. The van der Waals surface area contributed by atoms with E-state index in [1.54, 1.807) is 24.3 Å². The number of amides is 2. The lowest BCUT2D eigenvalue weighted by Gasteiger charge is -2.26. The van der Waals surface area contributed by atoms with Crippen LogP contribution in [0.1, 0.15) is 38.0 Å². The Labute approximate surface area is 207 Å². The first kappa shape index (κ1) is 23.3. The van der Waals surface area contributed by atoms with Gasteiger partial charge in [-0.1, -0.05) is 24.3 Å². The van der Waals surface area contributed by atoms with Crippen LogP contribution in [0.5, 0.6) is 0 Å². The van der Waals surface area contributed by atoms with Gasteiger partial charge in [0.05, 0.1) is 32.7 Å². The van der Waals surface area contributed by atoms with Gasteiger partial charge >= 0.3 is 0 Å². The van der Waals surface area contributed by atoms with Crippen molar-refractivity contribution in [3.05, 3.63) is 101 Å². The minimum atomic E-state index is -3.93. The summed E-state index contributed by atoms with van der Waals surface area (Å²) < 4.78 is 26.2. The van der Waals surface area contributed by atoms with E-state index in [9.17, 15) is 18.0 Å². The van der Waals surface area contributed by atoms with E-state index in [0.29, 0.717) is 12.1 Å². The van der Waals surface area contributed by atoms with Crippen molar-refractivity contribution in [2.75, 3.05) is 18.4 Å². The minimum Gasteiger partial charge on any atom is -0.372 e. The van der Waals surface area contributed by atoms with E-state index in [1.807, 2.05) is 18.3 Å². The van der Waals surface area contributed by atoms with Crippen LogP contribution in [0.15, 0.2) is 88.3 Å². The van der Waals surface area contributed by atoms with Crippen LogP contribution in [-0.2, 0) is 9.84 Å². The first-order valence-electron chi connectivity index (χ1n) is 11.1. The lowest BCUT2D eigenvalue weighted by atomic mass is 10.1. The molecule has 2 heterocycles. The maximum atomic E-state index is 13.1. The highest BCUT2D eigenvalue weighted by Crippen LogP contribution is 2.34. The summed E-state index contributed by atoms with van der Waals surface area (Å²) in [6.45, 7) is 0.806. The van der Waals surface area contributed by atoms with Gasteiger partial charge in [0.25, 0.3) is 11.8 Å². The Morgan fingerprint density at radius 1 is 1.06 bits per heavy atom. The number of rotatable bonds is 4. The van der Waals surface area contributed by atoms with Crippen LogP contribution in [-0.4, -0.2) is 33.3 Å². The third kappa shape index (κ3) is 4.33. The van der Waals surface area contributed by atoms with Gasteiger partial charge in [-0.05, 0) is 53.6 Å². The average molecular weight is 500 g/mol. The second-order valence-corrected chi connectivity index (χ2v) is 10.3. The van der Waals surface area contributed by atoms with Crippen LogP contribution in [0.2, 0.25) is 0 Å². The molecule has 0 spiro atoms. The van der Waals surface area contributed by atoms with E-state index in [4.69, 9.17) is 5.26 Å². The Morgan fingerprint density at radius 2 is 1.83 bits per heavy atom. The second-order valence-electron chi connectivity index (χ2n) is 8.36. The highest BCUT2D eigenvalue weighted by atomic mass is 32.2. The number of benzene rings is 3. The maximum Gasteiger partial charge on any atom is 0.257 e. The zero-order valence-electron chi connectivity index (χ0n) is 18.9. The SMILES string of the molecule is N#Cc1ccc(C2NC=C(CNC(=O)c3ccc4c(c3)NC(=O)c3ccccc3S4(=O)=O)CN2)cc1.